The zero-order valence-electron chi connectivity index (χ0n) is 19.4. The van der Waals surface area contributed by atoms with E-state index in [1.54, 1.807) is 30.3 Å². The lowest BCUT2D eigenvalue weighted by Crippen LogP contribution is -2.20. The molecule has 5 nitrogen and oxygen atoms in total. The number of carbonyl (C=O) groups excluding carboxylic acids is 1. The third-order valence-corrected chi connectivity index (χ3v) is 8.13. The van der Waals surface area contributed by atoms with Crippen LogP contribution in [0.3, 0.4) is 0 Å². The average molecular weight is 483 g/mol. The van der Waals surface area contributed by atoms with Crippen molar-refractivity contribution in [2.24, 2.45) is 0 Å². The molecular weight excluding hydrogens is 456 g/mol. The zero-order valence-corrected chi connectivity index (χ0v) is 20.3. The lowest BCUT2D eigenvalue weighted by molar-refractivity contribution is -0.108. The molecule has 4 aromatic rings. The highest BCUT2D eigenvalue weighted by Gasteiger charge is 2.29. The quantitative estimate of drug-likeness (QED) is 0.349. The van der Waals surface area contributed by atoms with Gasteiger partial charge in [0.1, 0.15) is 5.03 Å². The second-order valence-electron chi connectivity index (χ2n) is 8.66. The van der Waals surface area contributed by atoms with Crippen molar-refractivity contribution in [3.8, 4) is 22.3 Å². The van der Waals surface area contributed by atoms with Crippen molar-refractivity contribution in [2.45, 2.75) is 31.2 Å². The summed E-state index contributed by atoms with van der Waals surface area (Å²) in [7, 11) is -3.94. The standard InChI is InChI=1S/C29H26N2O3S/c1-21-14-16-24(17-15-21)35(33,34)27(30-20-32)19-26-29(23-11-6-3-7-12-23)28(22-9-4-2-5-10-22)25-13-8-18-31(25)26/h2-7,9-12,14-17,19-20H,8,13,18H2,1H3,(H,30,32). The number of hydrogen-bond donors (Lipinski definition) is 1. The Kier molecular flexibility index (Phi) is 6.14. The molecule has 0 atom stereocenters. The highest BCUT2D eigenvalue weighted by Crippen LogP contribution is 2.43. The van der Waals surface area contributed by atoms with Crippen molar-refractivity contribution in [1.29, 1.82) is 0 Å². The minimum absolute atomic E-state index is 0.139. The molecule has 0 saturated heterocycles. The number of amides is 1. The first-order valence-corrected chi connectivity index (χ1v) is 13.1. The van der Waals surface area contributed by atoms with Crippen LogP contribution in [0.5, 0.6) is 0 Å². The van der Waals surface area contributed by atoms with Crippen LogP contribution in [-0.2, 0) is 27.6 Å². The monoisotopic (exact) mass is 482 g/mol. The zero-order chi connectivity index (χ0) is 24.4. The molecule has 35 heavy (non-hydrogen) atoms. The number of benzene rings is 3. The van der Waals surface area contributed by atoms with Crippen LogP contribution < -0.4 is 5.32 Å². The normalized spacial score (nSPS) is 13.5. The summed E-state index contributed by atoms with van der Waals surface area (Å²) >= 11 is 0. The van der Waals surface area contributed by atoms with Crippen molar-refractivity contribution in [3.63, 3.8) is 0 Å². The molecule has 6 heteroatoms. The summed E-state index contributed by atoms with van der Waals surface area (Å²) in [6.45, 7) is 2.69. The number of aromatic nitrogens is 1. The Hall–Kier alpha value is -3.90. The van der Waals surface area contributed by atoms with Gasteiger partial charge in [0.15, 0.2) is 0 Å². The van der Waals surface area contributed by atoms with Gasteiger partial charge in [0.2, 0.25) is 16.2 Å². The van der Waals surface area contributed by atoms with Crippen molar-refractivity contribution < 1.29 is 13.2 Å². The van der Waals surface area contributed by atoms with Gasteiger partial charge in [0.25, 0.3) is 0 Å². The Bertz CT molecular complexity index is 1500. The summed E-state index contributed by atoms with van der Waals surface area (Å²) in [5, 5.41) is 2.34. The number of sulfone groups is 1. The third kappa shape index (κ3) is 4.21. The molecule has 1 aliphatic heterocycles. The smallest absolute Gasteiger partial charge is 0.221 e. The number of aryl methyl sites for hydroxylation is 1. The fourth-order valence-electron chi connectivity index (χ4n) is 4.79. The van der Waals surface area contributed by atoms with Gasteiger partial charge in [-0.15, -0.1) is 0 Å². The lowest BCUT2D eigenvalue weighted by atomic mass is 9.94. The minimum atomic E-state index is -3.94. The molecule has 0 fully saturated rings. The van der Waals surface area contributed by atoms with E-state index in [9.17, 15) is 13.2 Å². The van der Waals surface area contributed by atoms with Gasteiger partial charge in [0, 0.05) is 23.4 Å². The molecule has 0 radical (unpaired) electrons. The first-order valence-electron chi connectivity index (χ1n) is 11.6. The van der Waals surface area contributed by atoms with E-state index in [1.165, 1.54) is 5.69 Å². The molecule has 0 aliphatic carbocycles. The van der Waals surface area contributed by atoms with Gasteiger partial charge >= 0.3 is 0 Å². The molecule has 2 heterocycles. The molecule has 0 bridgehead atoms. The second kappa shape index (κ2) is 9.39. The number of hydrogen-bond acceptors (Lipinski definition) is 3. The van der Waals surface area contributed by atoms with E-state index in [0.29, 0.717) is 6.41 Å². The van der Waals surface area contributed by atoms with Crippen LogP contribution in [0.25, 0.3) is 28.3 Å². The number of nitrogens with one attached hydrogen (secondary N) is 1. The SMILES string of the molecule is Cc1ccc(S(=O)(=O)C(=Cc2c(-c3ccccc3)c(-c3ccccc3)c3n2CCC3)NC=O)cc1. The first-order chi connectivity index (χ1) is 17.0. The molecule has 176 valence electrons. The molecule has 5 rings (SSSR count). The van der Waals surface area contributed by atoms with E-state index in [2.05, 4.69) is 22.0 Å². The largest absolute Gasteiger partial charge is 0.344 e. The van der Waals surface area contributed by atoms with Crippen LogP contribution in [0, 0.1) is 6.92 Å². The Labute approximate surface area is 205 Å². The Morgan fingerprint density at radius 3 is 2.06 bits per heavy atom. The van der Waals surface area contributed by atoms with E-state index in [4.69, 9.17) is 0 Å². The summed E-state index contributed by atoms with van der Waals surface area (Å²) in [5.41, 5.74) is 7.08. The van der Waals surface area contributed by atoms with Crippen LogP contribution >= 0.6 is 0 Å². The second-order valence-corrected chi connectivity index (χ2v) is 10.6. The maximum absolute atomic E-state index is 13.6. The van der Waals surface area contributed by atoms with E-state index in [-0.39, 0.29) is 9.92 Å². The Morgan fingerprint density at radius 1 is 0.857 bits per heavy atom. The van der Waals surface area contributed by atoms with Crippen LogP contribution in [0.2, 0.25) is 0 Å². The van der Waals surface area contributed by atoms with Crippen LogP contribution in [0.15, 0.2) is 94.9 Å². The number of rotatable bonds is 7. The molecule has 3 aromatic carbocycles. The third-order valence-electron chi connectivity index (χ3n) is 6.42. The maximum Gasteiger partial charge on any atom is 0.221 e. The summed E-state index contributed by atoms with van der Waals surface area (Å²) in [4.78, 5) is 11.7. The maximum atomic E-state index is 13.6. The number of nitrogens with zero attached hydrogens (tertiary/aromatic N) is 1. The fraction of sp³-hybridized carbons (Fsp3) is 0.138. The van der Waals surface area contributed by atoms with Crippen molar-refractivity contribution in [2.75, 3.05) is 0 Å². The molecule has 1 N–H and O–H groups in total. The molecule has 0 saturated carbocycles. The topological polar surface area (TPSA) is 68.2 Å². The molecule has 0 unspecified atom stereocenters. The molecule has 1 aromatic heterocycles. The van der Waals surface area contributed by atoms with Gasteiger partial charge in [-0.3, -0.25) is 4.79 Å². The van der Waals surface area contributed by atoms with Crippen LogP contribution in [0.1, 0.15) is 23.4 Å². The number of carbonyl (C=O) groups is 1. The van der Waals surface area contributed by atoms with E-state index in [0.717, 1.165) is 52.9 Å². The highest BCUT2D eigenvalue weighted by atomic mass is 32.2. The van der Waals surface area contributed by atoms with E-state index < -0.39 is 9.84 Å². The van der Waals surface area contributed by atoms with Crippen molar-refractivity contribution in [3.05, 3.63) is 107 Å². The summed E-state index contributed by atoms with van der Waals surface area (Å²) in [5.74, 6) is 0. The molecule has 0 spiro atoms. The molecule has 1 aliphatic rings. The fourth-order valence-corrected chi connectivity index (χ4v) is 6.01. The van der Waals surface area contributed by atoms with E-state index in [1.807, 2.05) is 55.5 Å². The predicted molar refractivity (Wildman–Crippen MR) is 139 cm³/mol. The highest BCUT2D eigenvalue weighted by molar-refractivity contribution is 7.95. The predicted octanol–water partition coefficient (Wildman–Crippen LogP) is 5.60. The van der Waals surface area contributed by atoms with Gasteiger partial charge in [-0.05, 0) is 49.1 Å². The average Bonchev–Trinajstić information content (AvgIpc) is 3.46. The Balaban J connectivity index is 1.79. The summed E-state index contributed by atoms with van der Waals surface area (Å²) in [6, 6.07) is 26.8. The minimum Gasteiger partial charge on any atom is -0.344 e. The molecule has 1 amide bonds. The first kappa shape index (κ1) is 22.9. The molecular formula is C29H26N2O3S. The van der Waals surface area contributed by atoms with Crippen molar-refractivity contribution >= 4 is 22.3 Å². The van der Waals surface area contributed by atoms with Gasteiger partial charge in [-0.1, -0.05) is 78.4 Å². The van der Waals surface area contributed by atoms with Gasteiger partial charge < -0.3 is 9.88 Å². The van der Waals surface area contributed by atoms with Gasteiger partial charge in [-0.25, -0.2) is 8.42 Å². The summed E-state index contributed by atoms with van der Waals surface area (Å²) in [6.07, 6.45) is 3.92. The van der Waals surface area contributed by atoms with E-state index >= 15 is 0 Å². The van der Waals surface area contributed by atoms with Gasteiger partial charge in [0.05, 0.1) is 10.6 Å². The lowest BCUT2D eigenvalue weighted by Gasteiger charge is -2.12. The Morgan fingerprint density at radius 2 is 1.46 bits per heavy atom. The van der Waals surface area contributed by atoms with Gasteiger partial charge in [-0.2, -0.15) is 0 Å². The van der Waals surface area contributed by atoms with Crippen LogP contribution in [-0.4, -0.2) is 19.4 Å². The summed E-state index contributed by atoms with van der Waals surface area (Å²) < 4.78 is 29.3. The van der Waals surface area contributed by atoms with Crippen molar-refractivity contribution in [1.82, 2.24) is 9.88 Å². The number of fused-ring (bicyclic) bond motifs is 1. The van der Waals surface area contributed by atoms with Crippen LogP contribution in [0.4, 0.5) is 0 Å².